The van der Waals surface area contributed by atoms with Gasteiger partial charge in [-0.05, 0) is 25.0 Å². The first-order valence-corrected chi connectivity index (χ1v) is 8.38. The van der Waals surface area contributed by atoms with E-state index in [1.165, 1.54) is 0 Å². The van der Waals surface area contributed by atoms with E-state index in [2.05, 4.69) is 10.3 Å². The first-order chi connectivity index (χ1) is 11.2. The number of fused-ring (bicyclic) bond motifs is 1. The van der Waals surface area contributed by atoms with Gasteiger partial charge in [0.25, 0.3) is 5.91 Å². The number of carbonyl (C=O) groups is 2. The van der Waals surface area contributed by atoms with E-state index in [0.29, 0.717) is 25.2 Å². The van der Waals surface area contributed by atoms with E-state index in [1.807, 2.05) is 30.3 Å². The van der Waals surface area contributed by atoms with Gasteiger partial charge in [0.05, 0.1) is 0 Å². The minimum atomic E-state index is -0.0201. The van der Waals surface area contributed by atoms with Crippen LogP contribution in [-0.2, 0) is 4.79 Å². The Morgan fingerprint density at radius 3 is 2.74 bits per heavy atom. The Morgan fingerprint density at radius 1 is 1.04 bits per heavy atom. The number of nitrogens with zero attached hydrogens (tertiary/aromatic N) is 1. The summed E-state index contributed by atoms with van der Waals surface area (Å²) in [6, 6.07) is 9.75. The molecule has 5 nitrogen and oxygen atoms in total. The topological polar surface area (TPSA) is 65.2 Å². The zero-order valence-corrected chi connectivity index (χ0v) is 13.3. The van der Waals surface area contributed by atoms with Crippen LogP contribution in [0.15, 0.2) is 30.3 Å². The predicted octanol–water partition coefficient (Wildman–Crippen LogP) is 2.69. The molecule has 1 aliphatic heterocycles. The third-order valence-electron chi connectivity index (χ3n) is 4.33. The van der Waals surface area contributed by atoms with Crippen molar-refractivity contribution >= 4 is 22.7 Å². The van der Waals surface area contributed by atoms with Crippen LogP contribution in [0.3, 0.4) is 0 Å². The van der Waals surface area contributed by atoms with Crippen molar-refractivity contribution in [1.29, 1.82) is 0 Å². The third-order valence-corrected chi connectivity index (χ3v) is 4.33. The van der Waals surface area contributed by atoms with Crippen LogP contribution in [0, 0.1) is 0 Å². The Labute approximate surface area is 136 Å². The lowest BCUT2D eigenvalue weighted by molar-refractivity contribution is -0.121. The van der Waals surface area contributed by atoms with Crippen LogP contribution in [0.25, 0.3) is 10.9 Å². The molecule has 1 aromatic heterocycles. The molecule has 1 saturated heterocycles. The molecule has 2 N–H and O–H groups in total. The second-order valence-electron chi connectivity index (χ2n) is 6.08. The van der Waals surface area contributed by atoms with Gasteiger partial charge >= 0.3 is 0 Å². The van der Waals surface area contributed by atoms with Gasteiger partial charge in [0.2, 0.25) is 5.91 Å². The summed E-state index contributed by atoms with van der Waals surface area (Å²) >= 11 is 0. The first kappa shape index (κ1) is 15.6. The number of H-pyrrole nitrogens is 1. The van der Waals surface area contributed by atoms with Crippen molar-refractivity contribution in [2.75, 3.05) is 19.6 Å². The maximum Gasteiger partial charge on any atom is 0.270 e. The normalized spacial score (nSPS) is 17.6. The van der Waals surface area contributed by atoms with Crippen molar-refractivity contribution in [3.63, 3.8) is 0 Å². The Kier molecular flexibility index (Phi) is 4.95. The lowest BCUT2D eigenvalue weighted by Crippen LogP contribution is -2.36. The molecule has 0 aliphatic carbocycles. The standard InChI is InChI=1S/C18H23N3O2/c22-17-9-12-21(11-6-2-1-5-10-19-17)18(23)16-13-14-7-3-4-8-15(14)20-16/h3-4,7-8,13,20H,1-2,5-6,9-12H2,(H,19,22). The van der Waals surface area contributed by atoms with E-state index in [1.54, 1.807) is 4.90 Å². The second-order valence-corrected chi connectivity index (χ2v) is 6.08. The van der Waals surface area contributed by atoms with Gasteiger partial charge in [0.1, 0.15) is 5.69 Å². The van der Waals surface area contributed by atoms with Gasteiger partial charge < -0.3 is 15.2 Å². The zero-order chi connectivity index (χ0) is 16.1. The SMILES string of the molecule is O=C1CCN(C(=O)c2cc3ccccc3[nH]2)CCCCCCN1. The highest BCUT2D eigenvalue weighted by Crippen LogP contribution is 2.17. The molecular formula is C18H23N3O2. The summed E-state index contributed by atoms with van der Waals surface area (Å²) in [7, 11) is 0. The zero-order valence-electron chi connectivity index (χ0n) is 13.3. The average molecular weight is 313 g/mol. The number of hydrogen-bond donors (Lipinski definition) is 2. The number of amides is 2. The van der Waals surface area contributed by atoms with Gasteiger partial charge in [-0.25, -0.2) is 0 Å². The van der Waals surface area contributed by atoms with Crippen molar-refractivity contribution in [3.8, 4) is 0 Å². The van der Waals surface area contributed by atoms with E-state index in [0.717, 1.165) is 43.1 Å². The summed E-state index contributed by atoms with van der Waals surface area (Å²) in [5, 5.41) is 3.95. The maximum absolute atomic E-state index is 12.8. The van der Waals surface area contributed by atoms with Crippen molar-refractivity contribution in [1.82, 2.24) is 15.2 Å². The minimum Gasteiger partial charge on any atom is -0.356 e. The third kappa shape index (κ3) is 3.92. The highest BCUT2D eigenvalue weighted by atomic mass is 16.2. The lowest BCUT2D eigenvalue weighted by Gasteiger charge is -2.21. The number of nitrogens with one attached hydrogen (secondary N) is 2. The lowest BCUT2D eigenvalue weighted by atomic mass is 10.2. The number of hydrogen-bond acceptors (Lipinski definition) is 2. The van der Waals surface area contributed by atoms with Gasteiger partial charge in [-0.15, -0.1) is 0 Å². The highest BCUT2D eigenvalue weighted by Gasteiger charge is 2.19. The molecule has 2 aromatic rings. The minimum absolute atomic E-state index is 0.0201. The Balaban J connectivity index is 1.75. The van der Waals surface area contributed by atoms with Crippen LogP contribution in [0.2, 0.25) is 0 Å². The van der Waals surface area contributed by atoms with Crippen molar-refractivity contribution in [3.05, 3.63) is 36.0 Å². The van der Waals surface area contributed by atoms with Crippen molar-refractivity contribution in [2.45, 2.75) is 32.1 Å². The predicted molar refractivity (Wildman–Crippen MR) is 90.3 cm³/mol. The molecular weight excluding hydrogens is 290 g/mol. The van der Waals surface area contributed by atoms with Crippen LogP contribution in [0.5, 0.6) is 0 Å². The van der Waals surface area contributed by atoms with E-state index >= 15 is 0 Å². The number of rotatable bonds is 1. The largest absolute Gasteiger partial charge is 0.356 e. The molecule has 1 aliphatic rings. The summed E-state index contributed by atoms with van der Waals surface area (Å²) in [6.45, 7) is 1.93. The number of para-hydroxylation sites is 1. The summed E-state index contributed by atoms with van der Waals surface area (Å²) < 4.78 is 0. The molecule has 0 bridgehead atoms. The molecule has 2 heterocycles. The van der Waals surface area contributed by atoms with Crippen LogP contribution < -0.4 is 5.32 Å². The quantitative estimate of drug-likeness (QED) is 0.850. The van der Waals surface area contributed by atoms with Gasteiger partial charge in [0, 0.05) is 37.0 Å². The molecule has 0 atom stereocenters. The van der Waals surface area contributed by atoms with Crippen LogP contribution in [-0.4, -0.2) is 41.3 Å². The van der Waals surface area contributed by atoms with Gasteiger partial charge in [-0.2, -0.15) is 0 Å². The van der Waals surface area contributed by atoms with Gasteiger partial charge in [-0.1, -0.05) is 31.0 Å². The molecule has 122 valence electrons. The molecule has 23 heavy (non-hydrogen) atoms. The van der Waals surface area contributed by atoms with Gasteiger partial charge in [0.15, 0.2) is 0 Å². The van der Waals surface area contributed by atoms with Crippen molar-refractivity contribution in [2.24, 2.45) is 0 Å². The molecule has 3 rings (SSSR count). The Hall–Kier alpha value is -2.30. The summed E-state index contributed by atoms with van der Waals surface area (Å²) in [4.78, 5) is 29.6. The summed E-state index contributed by atoms with van der Waals surface area (Å²) in [5.74, 6) is 0.00888. The monoisotopic (exact) mass is 313 g/mol. The fourth-order valence-electron chi connectivity index (χ4n) is 3.01. The van der Waals surface area contributed by atoms with Crippen molar-refractivity contribution < 1.29 is 9.59 Å². The smallest absolute Gasteiger partial charge is 0.270 e. The maximum atomic E-state index is 12.8. The molecule has 0 unspecified atom stereocenters. The van der Waals surface area contributed by atoms with Gasteiger partial charge in [-0.3, -0.25) is 9.59 Å². The fourth-order valence-corrected chi connectivity index (χ4v) is 3.01. The molecule has 1 fully saturated rings. The molecule has 2 amide bonds. The van der Waals surface area contributed by atoms with E-state index in [9.17, 15) is 9.59 Å². The number of aromatic amines is 1. The number of aromatic nitrogens is 1. The van der Waals surface area contributed by atoms with Crippen LogP contribution in [0.1, 0.15) is 42.6 Å². The Morgan fingerprint density at radius 2 is 1.87 bits per heavy atom. The number of benzene rings is 1. The molecule has 0 spiro atoms. The van der Waals surface area contributed by atoms with Crippen LogP contribution in [0.4, 0.5) is 0 Å². The van der Waals surface area contributed by atoms with E-state index in [-0.39, 0.29) is 11.8 Å². The van der Waals surface area contributed by atoms with E-state index < -0.39 is 0 Å². The average Bonchev–Trinajstić information content (AvgIpc) is 2.97. The highest BCUT2D eigenvalue weighted by molar-refractivity contribution is 5.98. The fraction of sp³-hybridized carbons (Fsp3) is 0.444. The summed E-state index contributed by atoms with van der Waals surface area (Å²) in [5.41, 5.74) is 1.56. The Bertz CT molecular complexity index is 659. The second kappa shape index (κ2) is 7.31. The molecule has 0 saturated carbocycles. The summed E-state index contributed by atoms with van der Waals surface area (Å²) in [6.07, 6.45) is 4.55. The van der Waals surface area contributed by atoms with E-state index in [4.69, 9.17) is 0 Å². The first-order valence-electron chi connectivity index (χ1n) is 8.38. The van der Waals surface area contributed by atoms with Crippen LogP contribution >= 0.6 is 0 Å². The number of carbonyl (C=O) groups excluding carboxylic acids is 2. The molecule has 0 radical (unpaired) electrons. The molecule has 1 aromatic carbocycles. The molecule has 5 heteroatoms.